The largest absolute Gasteiger partial charge is 0.444 e. The highest BCUT2D eigenvalue weighted by Gasteiger charge is 2.50. The first-order valence-corrected chi connectivity index (χ1v) is 5.70. The molecule has 4 nitrogen and oxygen atoms in total. The Kier molecular flexibility index (Phi) is 4.15. The standard InChI is InChI=1S/C11H18F3NO3/c1-10(2,3)18-9(17)15-4-7(6-16)8(5-15)11(12,13)14/h7-8,16H,4-6H2,1-3H3/t7-,8-/m0/s1. The molecule has 1 aliphatic heterocycles. The molecule has 0 spiro atoms. The molecule has 0 aromatic carbocycles. The minimum absolute atomic E-state index is 0.129. The van der Waals surface area contributed by atoms with Crippen LogP contribution in [-0.4, -0.2) is 47.6 Å². The second-order valence-corrected chi connectivity index (χ2v) is 5.48. The van der Waals surface area contributed by atoms with Gasteiger partial charge in [-0.3, -0.25) is 0 Å². The first-order chi connectivity index (χ1) is 8.04. The lowest BCUT2D eigenvalue weighted by atomic mass is 9.97. The maximum atomic E-state index is 12.7. The summed E-state index contributed by atoms with van der Waals surface area (Å²) in [7, 11) is 0. The van der Waals surface area contributed by atoms with E-state index in [-0.39, 0.29) is 6.54 Å². The third-order valence-corrected chi connectivity index (χ3v) is 2.75. The van der Waals surface area contributed by atoms with E-state index >= 15 is 0 Å². The van der Waals surface area contributed by atoms with Crippen LogP contribution in [0.5, 0.6) is 0 Å². The van der Waals surface area contributed by atoms with Gasteiger partial charge in [0.25, 0.3) is 0 Å². The van der Waals surface area contributed by atoms with Crippen LogP contribution in [-0.2, 0) is 4.74 Å². The molecule has 0 bridgehead atoms. The van der Waals surface area contributed by atoms with Crippen LogP contribution >= 0.6 is 0 Å². The normalized spacial score (nSPS) is 25.4. The fraction of sp³-hybridized carbons (Fsp3) is 0.909. The zero-order valence-electron chi connectivity index (χ0n) is 10.6. The van der Waals surface area contributed by atoms with Gasteiger partial charge in [0.1, 0.15) is 5.60 Å². The van der Waals surface area contributed by atoms with Crippen molar-refractivity contribution in [2.45, 2.75) is 32.5 Å². The number of carbonyl (C=O) groups excluding carboxylic acids is 1. The van der Waals surface area contributed by atoms with Crippen molar-refractivity contribution in [3.63, 3.8) is 0 Å². The van der Waals surface area contributed by atoms with Gasteiger partial charge in [-0.2, -0.15) is 13.2 Å². The van der Waals surface area contributed by atoms with Gasteiger partial charge in [-0.05, 0) is 20.8 Å². The van der Waals surface area contributed by atoms with Crippen molar-refractivity contribution in [1.29, 1.82) is 0 Å². The zero-order chi connectivity index (χ0) is 14.1. The Morgan fingerprint density at radius 2 is 1.89 bits per heavy atom. The van der Waals surface area contributed by atoms with Crippen LogP contribution in [0.15, 0.2) is 0 Å². The van der Waals surface area contributed by atoms with Gasteiger partial charge in [0, 0.05) is 25.6 Å². The molecule has 1 saturated heterocycles. The molecular weight excluding hydrogens is 251 g/mol. The Morgan fingerprint density at radius 1 is 1.33 bits per heavy atom. The lowest BCUT2D eigenvalue weighted by Gasteiger charge is -2.24. The molecule has 1 amide bonds. The fourth-order valence-corrected chi connectivity index (χ4v) is 1.90. The van der Waals surface area contributed by atoms with Crippen molar-refractivity contribution in [3.8, 4) is 0 Å². The minimum Gasteiger partial charge on any atom is -0.444 e. The number of hydrogen-bond donors (Lipinski definition) is 1. The van der Waals surface area contributed by atoms with E-state index in [4.69, 9.17) is 9.84 Å². The molecule has 0 aromatic rings. The smallest absolute Gasteiger partial charge is 0.410 e. The quantitative estimate of drug-likeness (QED) is 0.792. The van der Waals surface area contributed by atoms with E-state index in [9.17, 15) is 18.0 Å². The Balaban J connectivity index is 2.70. The molecule has 0 unspecified atom stereocenters. The molecular formula is C11H18F3NO3. The molecule has 1 N–H and O–H groups in total. The molecule has 2 atom stereocenters. The van der Waals surface area contributed by atoms with E-state index in [0.29, 0.717) is 0 Å². The minimum atomic E-state index is -4.41. The van der Waals surface area contributed by atoms with Crippen LogP contribution in [0.2, 0.25) is 0 Å². The molecule has 0 aliphatic carbocycles. The van der Waals surface area contributed by atoms with E-state index in [1.165, 1.54) is 0 Å². The summed E-state index contributed by atoms with van der Waals surface area (Å²) in [6, 6.07) is 0. The Hall–Kier alpha value is -0.980. The Labute approximate surface area is 104 Å². The number of rotatable bonds is 1. The fourth-order valence-electron chi connectivity index (χ4n) is 1.90. The number of aliphatic hydroxyl groups is 1. The van der Waals surface area contributed by atoms with Crippen molar-refractivity contribution >= 4 is 6.09 Å². The number of carbonyl (C=O) groups is 1. The van der Waals surface area contributed by atoms with Gasteiger partial charge in [-0.1, -0.05) is 0 Å². The van der Waals surface area contributed by atoms with Crippen molar-refractivity contribution in [3.05, 3.63) is 0 Å². The van der Waals surface area contributed by atoms with Crippen LogP contribution < -0.4 is 0 Å². The molecule has 7 heteroatoms. The Morgan fingerprint density at radius 3 is 2.22 bits per heavy atom. The van der Waals surface area contributed by atoms with Gasteiger partial charge in [0.15, 0.2) is 0 Å². The lowest BCUT2D eigenvalue weighted by molar-refractivity contribution is -0.182. The SMILES string of the molecule is CC(C)(C)OC(=O)N1C[C@@H](CO)[C@@H](C(F)(F)F)C1. The summed E-state index contributed by atoms with van der Waals surface area (Å²) in [5.41, 5.74) is -0.748. The first kappa shape index (κ1) is 15.1. The topological polar surface area (TPSA) is 49.8 Å². The number of halogens is 3. The van der Waals surface area contributed by atoms with Gasteiger partial charge in [0.2, 0.25) is 0 Å². The van der Waals surface area contributed by atoms with Gasteiger partial charge < -0.3 is 14.7 Å². The van der Waals surface area contributed by atoms with E-state index in [1.807, 2.05) is 0 Å². The third kappa shape index (κ3) is 3.76. The van der Waals surface area contributed by atoms with E-state index in [2.05, 4.69) is 0 Å². The van der Waals surface area contributed by atoms with Gasteiger partial charge in [-0.25, -0.2) is 4.79 Å². The summed E-state index contributed by atoms with van der Waals surface area (Å²) in [6.45, 7) is 3.76. The molecule has 106 valence electrons. The van der Waals surface area contributed by atoms with Gasteiger partial charge in [-0.15, -0.1) is 0 Å². The molecule has 0 saturated carbocycles. The van der Waals surface area contributed by atoms with Crippen LogP contribution in [0.25, 0.3) is 0 Å². The molecule has 1 aliphatic rings. The third-order valence-electron chi connectivity index (χ3n) is 2.75. The van der Waals surface area contributed by atoms with Crippen LogP contribution in [0.1, 0.15) is 20.8 Å². The van der Waals surface area contributed by atoms with Crippen molar-refractivity contribution < 1.29 is 27.8 Å². The van der Waals surface area contributed by atoms with Crippen molar-refractivity contribution in [1.82, 2.24) is 4.90 Å². The lowest BCUT2D eigenvalue weighted by Crippen LogP contribution is -2.36. The molecule has 0 radical (unpaired) electrons. The summed E-state index contributed by atoms with van der Waals surface area (Å²) in [6.07, 6.45) is -5.18. The predicted octanol–water partition coefficient (Wildman–Crippen LogP) is 2.02. The Bertz CT molecular complexity index is 312. The van der Waals surface area contributed by atoms with Crippen molar-refractivity contribution in [2.24, 2.45) is 11.8 Å². The van der Waals surface area contributed by atoms with Crippen LogP contribution in [0.3, 0.4) is 0 Å². The summed E-state index contributed by atoms with van der Waals surface area (Å²) in [4.78, 5) is 12.7. The number of alkyl halides is 3. The van der Waals surface area contributed by atoms with E-state index < -0.39 is 42.9 Å². The average molecular weight is 269 g/mol. The van der Waals surface area contributed by atoms with Crippen LogP contribution in [0.4, 0.5) is 18.0 Å². The monoisotopic (exact) mass is 269 g/mol. The predicted molar refractivity (Wildman–Crippen MR) is 57.9 cm³/mol. The van der Waals surface area contributed by atoms with Crippen LogP contribution in [0, 0.1) is 11.8 Å². The highest BCUT2D eigenvalue weighted by molar-refractivity contribution is 5.68. The number of ether oxygens (including phenoxy) is 1. The maximum absolute atomic E-state index is 12.7. The summed E-state index contributed by atoms with van der Waals surface area (Å²) in [5.74, 6) is -2.66. The molecule has 1 fully saturated rings. The van der Waals surface area contributed by atoms with Crippen molar-refractivity contribution in [2.75, 3.05) is 19.7 Å². The van der Waals surface area contributed by atoms with Gasteiger partial charge in [0.05, 0.1) is 5.92 Å². The number of likely N-dealkylation sites (tertiary alicyclic amines) is 1. The van der Waals surface area contributed by atoms with E-state index in [0.717, 1.165) is 4.90 Å². The number of nitrogens with zero attached hydrogens (tertiary/aromatic N) is 1. The highest BCUT2D eigenvalue weighted by Crippen LogP contribution is 2.37. The summed E-state index contributed by atoms with van der Waals surface area (Å²) < 4.78 is 43.1. The molecule has 0 aromatic heterocycles. The number of hydrogen-bond acceptors (Lipinski definition) is 3. The first-order valence-electron chi connectivity index (χ1n) is 5.70. The number of amides is 1. The molecule has 1 rings (SSSR count). The average Bonchev–Trinajstić information content (AvgIpc) is 2.57. The molecule has 18 heavy (non-hydrogen) atoms. The second kappa shape index (κ2) is 4.95. The second-order valence-electron chi connectivity index (χ2n) is 5.48. The maximum Gasteiger partial charge on any atom is 0.410 e. The number of aliphatic hydroxyl groups excluding tert-OH is 1. The summed E-state index contributed by atoms with van der Waals surface area (Å²) in [5, 5.41) is 8.95. The summed E-state index contributed by atoms with van der Waals surface area (Å²) >= 11 is 0. The molecule has 1 heterocycles. The zero-order valence-corrected chi connectivity index (χ0v) is 10.6. The highest BCUT2D eigenvalue weighted by atomic mass is 19.4. The van der Waals surface area contributed by atoms with E-state index in [1.54, 1.807) is 20.8 Å². The van der Waals surface area contributed by atoms with Gasteiger partial charge >= 0.3 is 12.3 Å².